The molecule has 1 aliphatic heterocycles. The van der Waals surface area contributed by atoms with E-state index >= 15 is 0 Å². The number of benzene rings is 3. The average Bonchev–Trinajstić information content (AvgIpc) is 3.04. The molecule has 0 radical (unpaired) electrons. The number of morpholine rings is 1. The van der Waals surface area contributed by atoms with Crippen LogP contribution in [0.2, 0.25) is 0 Å². The summed E-state index contributed by atoms with van der Waals surface area (Å²) < 4.78 is 5.50. The Hall–Kier alpha value is -2.68. The van der Waals surface area contributed by atoms with Crippen LogP contribution in [-0.2, 0) is 4.74 Å². The van der Waals surface area contributed by atoms with Gasteiger partial charge < -0.3 is 4.74 Å². The fourth-order valence-corrected chi connectivity index (χ4v) is 4.68. The van der Waals surface area contributed by atoms with Gasteiger partial charge in [0.2, 0.25) is 0 Å². The minimum Gasteiger partial charge on any atom is -0.379 e. The Balaban J connectivity index is 1.53. The smallest absolute Gasteiger partial charge is 0.0594 e. The van der Waals surface area contributed by atoms with Crippen molar-refractivity contribution in [1.82, 2.24) is 4.90 Å². The Morgan fingerprint density at radius 3 is 2.45 bits per heavy atom. The molecule has 29 heavy (non-hydrogen) atoms. The maximum atomic E-state index is 5.50. The van der Waals surface area contributed by atoms with Crippen LogP contribution in [-0.4, -0.2) is 37.7 Å². The standard InChI is InChI=1S/C27H27NO/c1-20-23(13-14-28-15-17-29-18-16-28)25-11-4-5-12-26(25)27(20)19-22-9-6-8-21-7-2-3-10-24(21)22/h2-12,19H,13-18H2,1H3. The summed E-state index contributed by atoms with van der Waals surface area (Å²) in [5, 5.41) is 2.61. The lowest BCUT2D eigenvalue weighted by atomic mass is 9.97. The number of rotatable bonds is 4. The molecule has 0 atom stereocenters. The molecular formula is C27H27NO. The molecule has 0 spiro atoms. The van der Waals surface area contributed by atoms with E-state index in [0.717, 1.165) is 39.3 Å². The van der Waals surface area contributed by atoms with Gasteiger partial charge in [-0.2, -0.15) is 0 Å². The van der Waals surface area contributed by atoms with E-state index in [9.17, 15) is 0 Å². The highest BCUT2D eigenvalue weighted by Crippen LogP contribution is 2.43. The third-order valence-electron chi connectivity index (χ3n) is 6.30. The number of fused-ring (bicyclic) bond motifs is 2. The largest absolute Gasteiger partial charge is 0.379 e. The molecule has 3 aromatic rings. The molecule has 2 heteroatoms. The van der Waals surface area contributed by atoms with E-state index in [2.05, 4.69) is 84.6 Å². The lowest BCUT2D eigenvalue weighted by molar-refractivity contribution is 0.0390. The molecule has 1 heterocycles. The van der Waals surface area contributed by atoms with Gasteiger partial charge in [0.1, 0.15) is 0 Å². The molecule has 0 unspecified atom stereocenters. The molecule has 3 aromatic carbocycles. The lowest BCUT2D eigenvalue weighted by Crippen LogP contribution is -2.36. The molecule has 2 aliphatic rings. The highest BCUT2D eigenvalue weighted by molar-refractivity contribution is 6.07. The van der Waals surface area contributed by atoms with Crippen LogP contribution in [0.15, 0.2) is 72.3 Å². The topological polar surface area (TPSA) is 12.5 Å². The van der Waals surface area contributed by atoms with Gasteiger partial charge in [-0.1, -0.05) is 66.7 Å². The summed E-state index contributed by atoms with van der Waals surface area (Å²) in [6, 6.07) is 24.1. The number of allylic oxidation sites excluding steroid dienone is 2. The Bertz CT molecular complexity index is 1100. The molecular weight excluding hydrogens is 354 g/mol. The summed E-state index contributed by atoms with van der Waals surface area (Å²) in [5.41, 5.74) is 8.36. The highest BCUT2D eigenvalue weighted by atomic mass is 16.5. The van der Waals surface area contributed by atoms with E-state index in [4.69, 9.17) is 4.74 Å². The van der Waals surface area contributed by atoms with Crippen molar-refractivity contribution in [3.63, 3.8) is 0 Å². The molecule has 5 rings (SSSR count). The van der Waals surface area contributed by atoms with E-state index < -0.39 is 0 Å². The lowest BCUT2D eigenvalue weighted by Gasteiger charge is -2.26. The average molecular weight is 382 g/mol. The van der Waals surface area contributed by atoms with Crippen LogP contribution >= 0.6 is 0 Å². The molecule has 0 amide bonds. The molecule has 146 valence electrons. The van der Waals surface area contributed by atoms with Gasteiger partial charge in [-0.3, -0.25) is 4.90 Å². The second-order valence-electron chi connectivity index (χ2n) is 7.98. The first-order valence-corrected chi connectivity index (χ1v) is 10.6. The first-order valence-electron chi connectivity index (χ1n) is 10.6. The third-order valence-corrected chi connectivity index (χ3v) is 6.30. The van der Waals surface area contributed by atoms with Crippen LogP contribution in [0.1, 0.15) is 30.0 Å². The number of nitrogens with zero attached hydrogens (tertiary/aromatic N) is 1. The summed E-state index contributed by atoms with van der Waals surface area (Å²) >= 11 is 0. The van der Waals surface area contributed by atoms with Gasteiger partial charge in [0.05, 0.1) is 13.2 Å². The molecule has 0 saturated carbocycles. The maximum absolute atomic E-state index is 5.50. The van der Waals surface area contributed by atoms with Crippen molar-refractivity contribution >= 4 is 28.0 Å². The minimum absolute atomic E-state index is 0.862. The zero-order chi connectivity index (χ0) is 19.6. The van der Waals surface area contributed by atoms with Crippen molar-refractivity contribution in [2.24, 2.45) is 0 Å². The van der Waals surface area contributed by atoms with Crippen molar-refractivity contribution in [2.75, 3.05) is 32.8 Å². The second-order valence-corrected chi connectivity index (χ2v) is 7.98. The summed E-state index contributed by atoms with van der Waals surface area (Å²) in [5.74, 6) is 0. The van der Waals surface area contributed by atoms with E-state index in [1.165, 1.54) is 44.2 Å². The SMILES string of the molecule is CC1=C(CCN2CCOCC2)c2ccccc2C1=Cc1cccc2ccccc12. The Kier molecular flexibility index (Phi) is 5.05. The van der Waals surface area contributed by atoms with Crippen molar-refractivity contribution in [3.05, 3.63) is 89.0 Å². The van der Waals surface area contributed by atoms with Gasteiger partial charge in [0.25, 0.3) is 0 Å². The maximum Gasteiger partial charge on any atom is 0.0594 e. The van der Waals surface area contributed by atoms with E-state index in [0.29, 0.717) is 0 Å². The van der Waals surface area contributed by atoms with Crippen LogP contribution in [0.4, 0.5) is 0 Å². The number of hydrogen-bond acceptors (Lipinski definition) is 2. The second kappa shape index (κ2) is 7.98. The van der Waals surface area contributed by atoms with Crippen molar-refractivity contribution in [1.29, 1.82) is 0 Å². The van der Waals surface area contributed by atoms with E-state index in [1.807, 2.05) is 0 Å². The number of ether oxygens (including phenoxy) is 1. The van der Waals surface area contributed by atoms with Gasteiger partial charge in [-0.05, 0) is 63.6 Å². The third kappa shape index (κ3) is 3.55. The molecule has 1 aliphatic carbocycles. The Labute approximate surface area is 173 Å². The van der Waals surface area contributed by atoms with Crippen LogP contribution in [0.5, 0.6) is 0 Å². The summed E-state index contributed by atoms with van der Waals surface area (Å²) in [6.45, 7) is 7.22. The fraction of sp³-hybridized carbons (Fsp3) is 0.259. The minimum atomic E-state index is 0.862. The molecule has 1 fully saturated rings. The van der Waals surface area contributed by atoms with Gasteiger partial charge in [-0.15, -0.1) is 0 Å². The van der Waals surface area contributed by atoms with Crippen LogP contribution in [0, 0.1) is 0 Å². The van der Waals surface area contributed by atoms with Crippen LogP contribution < -0.4 is 0 Å². The summed E-state index contributed by atoms with van der Waals surface area (Å²) in [4.78, 5) is 2.53. The Morgan fingerprint density at radius 1 is 0.862 bits per heavy atom. The zero-order valence-electron chi connectivity index (χ0n) is 17.0. The number of hydrogen-bond donors (Lipinski definition) is 0. The van der Waals surface area contributed by atoms with Crippen molar-refractivity contribution in [2.45, 2.75) is 13.3 Å². The highest BCUT2D eigenvalue weighted by Gasteiger charge is 2.24. The molecule has 1 saturated heterocycles. The van der Waals surface area contributed by atoms with Gasteiger partial charge in [0.15, 0.2) is 0 Å². The van der Waals surface area contributed by atoms with Crippen LogP contribution in [0.3, 0.4) is 0 Å². The zero-order valence-corrected chi connectivity index (χ0v) is 17.0. The molecule has 0 N–H and O–H groups in total. The summed E-state index contributed by atoms with van der Waals surface area (Å²) in [6.07, 6.45) is 3.48. The normalized spacial score (nSPS) is 18.6. The predicted molar refractivity (Wildman–Crippen MR) is 123 cm³/mol. The van der Waals surface area contributed by atoms with Crippen LogP contribution in [0.25, 0.3) is 28.0 Å². The van der Waals surface area contributed by atoms with Crippen molar-refractivity contribution in [3.8, 4) is 0 Å². The Morgan fingerprint density at radius 2 is 1.59 bits per heavy atom. The first-order chi connectivity index (χ1) is 14.3. The van der Waals surface area contributed by atoms with E-state index in [-0.39, 0.29) is 0 Å². The molecule has 0 aromatic heterocycles. The fourth-order valence-electron chi connectivity index (χ4n) is 4.68. The molecule has 0 bridgehead atoms. The van der Waals surface area contributed by atoms with Gasteiger partial charge in [0, 0.05) is 19.6 Å². The predicted octanol–water partition coefficient (Wildman–Crippen LogP) is 5.89. The molecule has 2 nitrogen and oxygen atoms in total. The summed E-state index contributed by atoms with van der Waals surface area (Å²) in [7, 11) is 0. The quantitative estimate of drug-likeness (QED) is 0.559. The monoisotopic (exact) mass is 381 g/mol. The van der Waals surface area contributed by atoms with E-state index in [1.54, 1.807) is 0 Å². The first kappa shape index (κ1) is 18.4. The van der Waals surface area contributed by atoms with Crippen molar-refractivity contribution < 1.29 is 4.74 Å². The van der Waals surface area contributed by atoms with Gasteiger partial charge in [-0.25, -0.2) is 0 Å². The van der Waals surface area contributed by atoms with Gasteiger partial charge >= 0.3 is 0 Å².